The lowest BCUT2D eigenvalue weighted by molar-refractivity contribution is -0.137. The monoisotopic (exact) mass is 313 g/mol. The van der Waals surface area contributed by atoms with Gasteiger partial charge in [0.2, 0.25) is 0 Å². The van der Waals surface area contributed by atoms with Crippen LogP contribution in [0.5, 0.6) is 0 Å². The Morgan fingerprint density at radius 3 is 2.56 bits per heavy atom. The molecule has 1 aromatic carbocycles. The van der Waals surface area contributed by atoms with Crippen LogP contribution in [-0.4, -0.2) is 35.5 Å². The molecule has 0 aromatic heterocycles. The molecule has 18 heavy (non-hydrogen) atoms. The number of halogens is 1. The van der Waals surface area contributed by atoms with Gasteiger partial charge in [-0.15, -0.1) is 0 Å². The van der Waals surface area contributed by atoms with Gasteiger partial charge in [0.05, 0.1) is 0 Å². The van der Waals surface area contributed by atoms with Crippen LogP contribution >= 0.6 is 15.9 Å². The first kappa shape index (κ1) is 14.7. The summed E-state index contributed by atoms with van der Waals surface area (Å²) in [5, 5.41) is 8.55. The molecule has 5 heteroatoms. The number of carbonyl (C=O) groups excluding carboxylic acids is 1. The smallest absolute Gasteiger partial charge is 0.303 e. The molecule has 0 aliphatic carbocycles. The highest BCUT2D eigenvalue weighted by atomic mass is 79.9. The number of rotatable bonds is 5. The summed E-state index contributed by atoms with van der Waals surface area (Å²) in [5.41, 5.74) is 1.62. The van der Waals surface area contributed by atoms with Crippen LogP contribution in [0, 0.1) is 6.92 Å². The van der Waals surface area contributed by atoms with E-state index in [4.69, 9.17) is 5.11 Å². The number of carboxylic acids is 1. The third-order valence-corrected chi connectivity index (χ3v) is 2.98. The van der Waals surface area contributed by atoms with E-state index < -0.39 is 5.97 Å². The fourth-order valence-corrected chi connectivity index (χ4v) is 2.26. The SMILES string of the molecule is Cc1cc(Br)cc(C(=O)N(C)CCCC(=O)O)c1. The van der Waals surface area contributed by atoms with E-state index in [2.05, 4.69) is 15.9 Å². The summed E-state index contributed by atoms with van der Waals surface area (Å²) in [5.74, 6) is -0.932. The first-order valence-electron chi connectivity index (χ1n) is 5.64. The van der Waals surface area contributed by atoms with Crippen molar-refractivity contribution < 1.29 is 14.7 Å². The van der Waals surface area contributed by atoms with Crippen LogP contribution < -0.4 is 0 Å². The number of benzene rings is 1. The van der Waals surface area contributed by atoms with Crippen molar-refractivity contribution in [3.05, 3.63) is 33.8 Å². The molecule has 4 nitrogen and oxygen atoms in total. The molecule has 0 bridgehead atoms. The lowest BCUT2D eigenvalue weighted by Crippen LogP contribution is -2.28. The Kier molecular flexibility index (Phi) is 5.34. The minimum atomic E-state index is -0.839. The van der Waals surface area contributed by atoms with Crippen LogP contribution in [-0.2, 0) is 4.79 Å². The zero-order valence-electron chi connectivity index (χ0n) is 10.4. The van der Waals surface area contributed by atoms with Crippen molar-refractivity contribution in [2.24, 2.45) is 0 Å². The maximum atomic E-state index is 12.1. The van der Waals surface area contributed by atoms with Gasteiger partial charge in [-0.05, 0) is 37.1 Å². The van der Waals surface area contributed by atoms with Gasteiger partial charge in [0.1, 0.15) is 0 Å². The molecular formula is C13H16BrNO3. The molecule has 1 amide bonds. The van der Waals surface area contributed by atoms with Crippen molar-refractivity contribution in [2.45, 2.75) is 19.8 Å². The first-order valence-corrected chi connectivity index (χ1v) is 6.44. The van der Waals surface area contributed by atoms with Crippen molar-refractivity contribution in [1.82, 2.24) is 4.90 Å². The molecule has 0 atom stereocenters. The second kappa shape index (κ2) is 6.54. The summed E-state index contributed by atoms with van der Waals surface area (Å²) < 4.78 is 0.866. The molecule has 0 spiro atoms. The molecule has 0 saturated carbocycles. The normalized spacial score (nSPS) is 10.2. The topological polar surface area (TPSA) is 57.6 Å². The zero-order chi connectivity index (χ0) is 13.7. The Morgan fingerprint density at radius 2 is 2.00 bits per heavy atom. The molecular weight excluding hydrogens is 298 g/mol. The van der Waals surface area contributed by atoms with Gasteiger partial charge in [-0.3, -0.25) is 9.59 Å². The summed E-state index contributed by atoms with van der Waals surface area (Å²) in [6.45, 7) is 2.36. The van der Waals surface area contributed by atoms with E-state index in [0.717, 1.165) is 10.0 Å². The number of hydrogen-bond acceptors (Lipinski definition) is 2. The Labute approximate surface area is 115 Å². The fourth-order valence-electron chi connectivity index (χ4n) is 1.65. The first-order chi connectivity index (χ1) is 8.40. The highest BCUT2D eigenvalue weighted by Gasteiger charge is 2.12. The average Bonchev–Trinajstić information content (AvgIpc) is 2.26. The average molecular weight is 314 g/mol. The molecule has 0 saturated heterocycles. The van der Waals surface area contributed by atoms with Crippen LogP contribution in [0.4, 0.5) is 0 Å². The number of nitrogens with zero attached hydrogens (tertiary/aromatic N) is 1. The number of aliphatic carboxylic acids is 1. The van der Waals surface area contributed by atoms with E-state index in [9.17, 15) is 9.59 Å². The molecule has 0 radical (unpaired) electrons. The second-order valence-electron chi connectivity index (χ2n) is 4.24. The van der Waals surface area contributed by atoms with E-state index >= 15 is 0 Å². The van der Waals surface area contributed by atoms with E-state index in [1.54, 1.807) is 18.0 Å². The van der Waals surface area contributed by atoms with Crippen molar-refractivity contribution in [1.29, 1.82) is 0 Å². The van der Waals surface area contributed by atoms with E-state index in [1.165, 1.54) is 0 Å². The summed E-state index contributed by atoms with van der Waals surface area (Å²) in [6, 6.07) is 5.52. The number of hydrogen-bond donors (Lipinski definition) is 1. The lowest BCUT2D eigenvalue weighted by atomic mass is 10.1. The third-order valence-electron chi connectivity index (χ3n) is 2.52. The van der Waals surface area contributed by atoms with Gasteiger partial charge in [0, 0.05) is 30.0 Å². The van der Waals surface area contributed by atoms with Crippen LogP contribution in [0.3, 0.4) is 0 Å². The summed E-state index contributed by atoms with van der Waals surface area (Å²) in [4.78, 5) is 24.0. The Balaban J connectivity index is 2.65. The van der Waals surface area contributed by atoms with Crippen molar-refractivity contribution in [2.75, 3.05) is 13.6 Å². The van der Waals surface area contributed by atoms with Crippen molar-refractivity contribution in [3.63, 3.8) is 0 Å². The molecule has 0 aliphatic heterocycles. The lowest BCUT2D eigenvalue weighted by Gasteiger charge is -2.17. The van der Waals surface area contributed by atoms with Crippen LogP contribution in [0.15, 0.2) is 22.7 Å². The van der Waals surface area contributed by atoms with Crippen LogP contribution in [0.1, 0.15) is 28.8 Å². The summed E-state index contributed by atoms with van der Waals surface area (Å²) in [6.07, 6.45) is 0.541. The highest BCUT2D eigenvalue weighted by molar-refractivity contribution is 9.10. The maximum Gasteiger partial charge on any atom is 0.303 e. The summed E-state index contributed by atoms with van der Waals surface area (Å²) in [7, 11) is 1.68. The van der Waals surface area contributed by atoms with E-state index in [1.807, 2.05) is 19.1 Å². The van der Waals surface area contributed by atoms with Gasteiger partial charge in [0.25, 0.3) is 5.91 Å². The number of carbonyl (C=O) groups is 2. The number of amides is 1. The largest absolute Gasteiger partial charge is 0.481 e. The van der Waals surface area contributed by atoms with Crippen LogP contribution in [0.2, 0.25) is 0 Å². The molecule has 0 heterocycles. The van der Waals surface area contributed by atoms with Gasteiger partial charge in [-0.25, -0.2) is 0 Å². The summed E-state index contributed by atoms with van der Waals surface area (Å²) >= 11 is 3.35. The minimum Gasteiger partial charge on any atom is -0.481 e. The predicted octanol–water partition coefficient (Wildman–Crippen LogP) is 2.69. The van der Waals surface area contributed by atoms with Gasteiger partial charge in [0.15, 0.2) is 0 Å². The van der Waals surface area contributed by atoms with E-state index in [-0.39, 0.29) is 12.3 Å². The molecule has 1 aromatic rings. The zero-order valence-corrected chi connectivity index (χ0v) is 12.0. The third kappa shape index (κ3) is 4.49. The molecule has 1 rings (SSSR count). The molecule has 98 valence electrons. The Hall–Kier alpha value is -1.36. The number of aryl methyl sites for hydroxylation is 1. The Morgan fingerprint density at radius 1 is 1.33 bits per heavy atom. The highest BCUT2D eigenvalue weighted by Crippen LogP contribution is 2.16. The predicted molar refractivity (Wildman–Crippen MR) is 72.7 cm³/mol. The molecule has 0 unspecified atom stereocenters. The van der Waals surface area contributed by atoms with Gasteiger partial charge >= 0.3 is 5.97 Å². The quantitative estimate of drug-likeness (QED) is 0.909. The minimum absolute atomic E-state index is 0.0785. The van der Waals surface area contributed by atoms with Crippen molar-refractivity contribution >= 4 is 27.8 Å². The second-order valence-corrected chi connectivity index (χ2v) is 5.16. The standard InChI is InChI=1S/C13H16BrNO3/c1-9-6-10(8-11(14)7-9)13(18)15(2)5-3-4-12(16)17/h6-8H,3-5H2,1-2H3,(H,16,17). The maximum absolute atomic E-state index is 12.1. The van der Waals surface area contributed by atoms with Gasteiger partial charge in [-0.1, -0.05) is 15.9 Å². The molecule has 0 aliphatic rings. The molecule has 1 N–H and O–H groups in total. The number of carboxylic acid groups (broad SMARTS) is 1. The molecule has 0 fully saturated rings. The fraction of sp³-hybridized carbons (Fsp3) is 0.385. The Bertz CT molecular complexity index is 439. The van der Waals surface area contributed by atoms with E-state index in [0.29, 0.717) is 18.5 Å². The van der Waals surface area contributed by atoms with Crippen LogP contribution in [0.25, 0.3) is 0 Å². The van der Waals surface area contributed by atoms with Crippen molar-refractivity contribution in [3.8, 4) is 0 Å². The van der Waals surface area contributed by atoms with Gasteiger partial charge in [-0.2, -0.15) is 0 Å². The van der Waals surface area contributed by atoms with Gasteiger partial charge < -0.3 is 10.0 Å².